The second kappa shape index (κ2) is 9.01. The molecule has 0 bridgehead atoms. The highest BCUT2D eigenvalue weighted by molar-refractivity contribution is 7.92. The topological polar surface area (TPSA) is 88.5 Å². The van der Waals surface area contributed by atoms with E-state index in [-0.39, 0.29) is 9.77 Å². The lowest BCUT2D eigenvalue weighted by Gasteiger charge is -2.24. The molecule has 0 aliphatic rings. The molecule has 0 aliphatic heterocycles. The maximum absolute atomic E-state index is 13.4. The van der Waals surface area contributed by atoms with Crippen LogP contribution < -0.4 is 14.5 Å². The summed E-state index contributed by atoms with van der Waals surface area (Å²) < 4.78 is 30.1. The van der Waals surface area contributed by atoms with E-state index in [1.165, 1.54) is 28.8 Å². The number of carbonyl (C=O) groups is 1. The lowest BCUT2D eigenvalue weighted by atomic mass is 10.2. The third-order valence-electron chi connectivity index (χ3n) is 5.09. The molecule has 3 aromatic carbocycles. The molecular formula is C23H20ClN3O4S2. The minimum atomic E-state index is -4.04. The predicted molar refractivity (Wildman–Crippen MR) is 133 cm³/mol. The molecule has 0 fully saturated rings. The average molecular weight is 502 g/mol. The first kappa shape index (κ1) is 23.0. The predicted octanol–water partition coefficient (Wildman–Crippen LogP) is 4.40. The fraction of sp³-hybridized carbons (Fsp3) is 0.130. The zero-order valence-corrected chi connectivity index (χ0v) is 20.2. The Balaban J connectivity index is 1.64. The molecule has 4 aromatic rings. The van der Waals surface area contributed by atoms with Gasteiger partial charge in [0.05, 0.1) is 20.8 Å². The first-order valence-electron chi connectivity index (χ1n) is 9.89. The Hall–Kier alpha value is -3.14. The van der Waals surface area contributed by atoms with Crippen molar-refractivity contribution in [3.05, 3.63) is 87.0 Å². The Morgan fingerprint density at radius 2 is 1.73 bits per heavy atom. The molecule has 0 radical (unpaired) electrons. The van der Waals surface area contributed by atoms with Crippen molar-refractivity contribution in [1.29, 1.82) is 0 Å². The molecular weight excluding hydrogens is 482 g/mol. The fourth-order valence-electron chi connectivity index (χ4n) is 3.30. The van der Waals surface area contributed by atoms with Crippen LogP contribution in [0, 0.1) is 6.92 Å². The molecule has 1 heterocycles. The van der Waals surface area contributed by atoms with E-state index < -0.39 is 22.5 Å². The van der Waals surface area contributed by atoms with Gasteiger partial charge >= 0.3 is 4.87 Å². The molecule has 0 unspecified atom stereocenters. The van der Waals surface area contributed by atoms with E-state index in [2.05, 4.69) is 5.32 Å². The molecule has 1 amide bonds. The van der Waals surface area contributed by atoms with Crippen LogP contribution in [0.4, 0.5) is 11.4 Å². The second-order valence-electron chi connectivity index (χ2n) is 7.46. The lowest BCUT2D eigenvalue weighted by molar-refractivity contribution is -0.114. The van der Waals surface area contributed by atoms with Gasteiger partial charge < -0.3 is 9.88 Å². The fourth-order valence-corrected chi connectivity index (χ4v) is 5.77. The van der Waals surface area contributed by atoms with E-state index >= 15 is 0 Å². The Bertz CT molecular complexity index is 1490. The Morgan fingerprint density at radius 1 is 1.06 bits per heavy atom. The number of hydrogen-bond acceptors (Lipinski definition) is 5. The highest BCUT2D eigenvalue weighted by Crippen LogP contribution is 2.26. The minimum Gasteiger partial charge on any atom is -0.324 e. The number of rotatable bonds is 6. The van der Waals surface area contributed by atoms with Gasteiger partial charge in [0.2, 0.25) is 5.91 Å². The average Bonchev–Trinajstić information content (AvgIpc) is 3.06. The van der Waals surface area contributed by atoms with Crippen molar-refractivity contribution >= 4 is 60.5 Å². The quantitative estimate of drug-likeness (QED) is 0.424. The minimum absolute atomic E-state index is 0.0238. The summed E-state index contributed by atoms with van der Waals surface area (Å²) in [5, 5.41) is 3.15. The molecule has 0 aliphatic carbocycles. The molecule has 0 spiro atoms. The smallest absolute Gasteiger partial charge is 0.307 e. The summed E-state index contributed by atoms with van der Waals surface area (Å²) in [5.74, 6) is -0.518. The van der Waals surface area contributed by atoms with Crippen LogP contribution in [0.2, 0.25) is 5.02 Å². The van der Waals surface area contributed by atoms with Crippen molar-refractivity contribution < 1.29 is 13.2 Å². The molecule has 33 heavy (non-hydrogen) atoms. The van der Waals surface area contributed by atoms with Gasteiger partial charge in [-0.2, -0.15) is 0 Å². The van der Waals surface area contributed by atoms with Crippen molar-refractivity contribution in [2.45, 2.75) is 11.8 Å². The number of anilines is 2. The van der Waals surface area contributed by atoms with Crippen molar-refractivity contribution in [1.82, 2.24) is 4.57 Å². The molecule has 0 atom stereocenters. The van der Waals surface area contributed by atoms with Gasteiger partial charge in [-0.05, 0) is 61.5 Å². The van der Waals surface area contributed by atoms with Crippen molar-refractivity contribution in [3.8, 4) is 0 Å². The normalized spacial score (nSPS) is 11.5. The Labute approximate surface area is 199 Å². The number of hydrogen-bond donors (Lipinski definition) is 1. The number of halogens is 1. The van der Waals surface area contributed by atoms with Gasteiger partial charge in [0.1, 0.15) is 6.54 Å². The van der Waals surface area contributed by atoms with Gasteiger partial charge in [-0.25, -0.2) is 8.42 Å². The summed E-state index contributed by atoms with van der Waals surface area (Å²) in [7, 11) is -2.36. The monoisotopic (exact) mass is 501 g/mol. The zero-order valence-electron chi connectivity index (χ0n) is 17.8. The maximum Gasteiger partial charge on any atom is 0.307 e. The third-order valence-corrected chi connectivity index (χ3v) is 8.12. The number of nitrogens with one attached hydrogen (secondary N) is 1. The zero-order chi connectivity index (χ0) is 23.8. The summed E-state index contributed by atoms with van der Waals surface area (Å²) in [4.78, 5) is 24.7. The van der Waals surface area contributed by atoms with Crippen LogP contribution in [-0.4, -0.2) is 25.4 Å². The Morgan fingerprint density at radius 3 is 2.39 bits per heavy atom. The SMILES string of the molecule is Cc1ccc(N(CC(=O)Nc2ccc3c(c2)sc(=O)n3C)S(=O)(=O)c2ccc(Cl)cc2)cc1. The van der Waals surface area contributed by atoms with E-state index in [1.54, 1.807) is 49.5 Å². The molecule has 4 rings (SSSR count). The Kier molecular flexibility index (Phi) is 6.29. The van der Waals surface area contributed by atoms with Crippen LogP contribution in [0.15, 0.2) is 76.4 Å². The van der Waals surface area contributed by atoms with Gasteiger partial charge in [-0.1, -0.05) is 40.6 Å². The van der Waals surface area contributed by atoms with Crippen LogP contribution >= 0.6 is 22.9 Å². The second-order valence-corrected chi connectivity index (χ2v) is 10.8. The number of nitrogens with zero attached hydrogens (tertiary/aromatic N) is 2. The van der Waals surface area contributed by atoms with Crippen molar-refractivity contribution in [3.63, 3.8) is 0 Å². The summed E-state index contributed by atoms with van der Waals surface area (Å²) >= 11 is 6.98. The number of thiazole rings is 1. The van der Waals surface area contributed by atoms with Crippen LogP contribution in [0.3, 0.4) is 0 Å². The molecule has 170 valence electrons. The van der Waals surface area contributed by atoms with E-state index in [4.69, 9.17) is 11.6 Å². The van der Waals surface area contributed by atoms with Crippen molar-refractivity contribution in [2.75, 3.05) is 16.2 Å². The summed E-state index contributed by atoms with van der Waals surface area (Å²) in [5.41, 5.74) is 2.56. The van der Waals surface area contributed by atoms with Crippen LogP contribution in [0.25, 0.3) is 10.2 Å². The number of sulfonamides is 1. The molecule has 10 heteroatoms. The van der Waals surface area contributed by atoms with Gasteiger partial charge in [0.25, 0.3) is 10.0 Å². The first-order chi connectivity index (χ1) is 15.6. The van der Waals surface area contributed by atoms with E-state index in [9.17, 15) is 18.0 Å². The third kappa shape index (κ3) is 4.80. The summed E-state index contributed by atoms with van der Waals surface area (Å²) in [6.07, 6.45) is 0. The van der Waals surface area contributed by atoms with E-state index in [0.29, 0.717) is 16.4 Å². The van der Waals surface area contributed by atoms with Crippen LogP contribution in [0.5, 0.6) is 0 Å². The lowest BCUT2D eigenvalue weighted by Crippen LogP contribution is -2.38. The number of benzene rings is 3. The van der Waals surface area contributed by atoms with Gasteiger partial charge in [-0.3, -0.25) is 13.9 Å². The largest absolute Gasteiger partial charge is 0.324 e. The molecule has 0 saturated carbocycles. The van der Waals surface area contributed by atoms with Gasteiger partial charge in [0.15, 0.2) is 0 Å². The van der Waals surface area contributed by atoms with Gasteiger partial charge in [0, 0.05) is 17.8 Å². The summed E-state index contributed by atoms with van der Waals surface area (Å²) in [6.45, 7) is 1.46. The molecule has 0 saturated heterocycles. The van der Waals surface area contributed by atoms with Crippen molar-refractivity contribution in [2.24, 2.45) is 7.05 Å². The number of amides is 1. The molecule has 1 aromatic heterocycles. The molecule has 1 N–H and O–H groups in total. The van der Waals surface area contributed by atoms with Crippen LogP contribution in [-0.2, 0) is 21.9 Å². The molecule has 7 nitrogen and oxygen atoms in total. The first-order valence-corrected chi connectivity index (χ1v) is 12.5. The highest BCUT2D eigenvalue weighted by Gasteiger charge is 2.27. The highest BCUT2D eigenvalue weighted by atomic mass is 35.5. The van der Waals surface area contributed by atoms with E-state index in [1.807, 2.05) is 6.92 Å². The standard InChI is InChI=1S/C23H20ClN3O4S2/c1-15-3-8-18(9-4-15)27(33(30,31)19-10-5-16(24)6-11-19)14-22(28)25-17-7-12-20-21(13-17)32-23(29)26(20)2/h3-13H,14H2,1-2H3,(H,25,28). The van der Waals surface area contributed by atoms with Crippen LogP contribution in [0.1, 0.15) is 5.56 Å². The number of carbonyl (C=O) groups excluding carboxylic acids is 1. The van der Waals surface area contributed by atoms with Gasteiger partial charge in [-0.15, -0.1) is 0 Å². The summed E-state index contributed by atoms with van der Waals surface area (Å²) in [6, 6.07) is 17.8. The maximum atomic E-state index is 13.4. The number of fused-ring (bicyclic) bond motifs is 1. The number of aromatic nitrogens is 1. The van der Waals surface area contributed by atoms with E-state index in [0.717, 1.165) is 31.4 Å². The number of aryl methyl sites for hydroxylation is 2.